The number of halogens is 1. The molecular weight excluding hydrogens is 528 g/mol. The van der Waals surface area contributed by atoms with Crippen LogP contribution >= 0.6 is 50.6 Å². The second-order valence-electron chi connectivity index (χ2n) is 6.69. The van der Waals surface area contributed by atoms with E-state index in [0.29, 0.717) is 17.0 Å². The molecule has 0 aliphatic rings. The Morgan fingerprint density at radius 3 is 2.88 bits per heavy atom. The van der Waals surface area contributed by atoms with Crippen LogP contribution < -0.4 is 14.8 Å². The van der Waals surface area contributed by atoms with E-state index in [1.165, 1.54) is 16.6 Å². The molecule has 0 aliphatic heterocycles. The van der Waals surface area contributed by atoms with Crippen molar-refractivity contribution >= 4 is 87.6 Å². The number of thiophene rings is 1. The number of anilines is 2. The number of rotatable bonds is 6. The molecule has 3 aromatic heterocycles. The highest BCUT2D eigenvalue weighted by atomic mass is 79.9. The summed E-state index contributed by atoms with van der Waals surface area (Å²) in [5.41, 5.74) is 1.99. The number of carbonyl (C=O) groups excluding carboxylic acids is 1. The van der Waals surface area contributed by atoms with Crippen LogP contribution in [0.2, 0.25) is 0 Å². The quantitative estimate of drug-likeness (QED) is 0.224. The van der Waals surface area contributed by atoms with E-state index in [1.807, 2.05) is 24.4 Å². The third-order valence-electron chi connectivity index (χ3n) is 4.59. The van der Waals surface area contributed by atoms with E-state index in [2.05, 4.69) is 42.0 Å². The van der Waals surface area contributed by atoms with Crippen LogP contribution in [-0.4, -0.2) is 23.0 Å². The maximum atomic E-state index is 12.7. The number of pyridine rings is 1. The van der Waals surface area contributed by atoms with Crippen LogP contribution in [0.1, 0.15) is 10.4 Å². The van der Waals surface area contributed by atoms with Gasteiger partial charge in [-0.15, -0.1) is 11.3 Å². The zero-order valence-electron chi connectivity index (χ0n) is 16.6. The minimum Gasteiger partial charge on any atom is -0.497 e. The number of nitrogens with zero attached hydrogens (tertiary/aromatic N) is 2. The predicted octanol–water partition coefficient (Wildman–Crippen LogP) is 7.05. The van der Waals surface area contributed by atoms with Crippen LogP contribution in [0.5, 0.6) is 5.75 Å². The Morgan fingerprint density at radius 2 is 2.03 bits per heavy atom. The molecule has 5 aromatic rings. The van der Waals surface area contributed by atoms with Crippen LogP contribution in [0.4, 0.5) is 10.8 Å². The van der Waals surface area contributed by atoms with E-state index in [1.54, 1.807) is 60.2 Å². The topological polar surface area (TPSA) is 76.1 Å². The zero-order chi connectivity index (χ0) is 22.1. The molecule has 0 saturated carbocycles. The lowest BCUT2D eigenvalue weighted by atomic mass is 10.2. The van der Waals surface area contributed by atoms with Gasteiger partial charge in [-0.25, -0.2) is 4.98 Å². The summed E-state index contributed by atoms with van der Waals surface area (Å²) in [4.78, 5) is 21.5. The van der Waals surface area contributed by atoms with Gasteiger partial charge in [-0.05, 0) is 70.3 Å². The first kappa shape index (κ1) is 21.2. The summed E-state index contributed by atoms with van der Waals surface area (Å²) >= 11 is 8.36. The number of thiazole rings is 1. The molecule has 0 saturated heterocycles. The average molecular weight is 543 g/mol. The fraction of sp³-hybridized carbons (Fsp3) is 0.0455. The molecule has 2 N–H and O–H groups in total. The van der Waals surface area contributed by atoms with Crippen molar-refractivity contribution in [2.75, 3.05) is 17.1 Å². The number of nitrogens with one attached hydrogen (secondary N) is 2. The molecule has 6 nitrogen and oxygen atoms in total. The zero-order valence-corrected chi connectivity index (χ0v) is 20.6. The maximum absolute atomic E-state index is 12.7. The summed E-state index contributed by atoms with van der Waals surface area (Å²) in [6.07, 6.45) is 3.67. The number of amides is 1. The molecule has 0 fully saturated rings. The number of carbonyl (C=O) groups is 1. The number of aromatic nitrogens is 2. The SMILES string of the molecule is COc1cccc(C(=O)Nc2cc3nc(NSc4cc5cnccc5s4)sc3cc2Br)c1. The van der Waals surface area contributed by atoms with Gasteiger partial charge < -0.3 is 14.8 Å². The lowest BCUT2D eigenvalue weighted by molar-refractivity contribution is 0.102. The fourth-order valence-electron chi connectivity index (χ4n) is 3.05. The monoisotopic (exact) mass is 542 g/mol. The Labute approximate surface area is 204 Å². The number of ether oxygens (including phenoxy) is 1. The minimum absolute atomic E-state index is 0.215. The lowest BCUT2D eigenvalue weighted by Crippen LogP contribution is -2.12. The van der Waals surface area contributed by atoms with Crippen LogP contribution in [0.15, 0.2) is 69.6 Å². The van der Waals surface area contributed by atoms with E-state index in [-0.39, 0.29) is 5.91 Å². The molecule has 0 atom stereocenters. The van der Waals surface area contributed by atoms with Gasteiger partial charge in [0.1, 0.15) is 5.75 Å². The summed E-state index contributed by atoms with van der Waals surface area (Å²) in [6, 6.07) is 15.0. The van der Waals surface area contributed by atoms with Crippen molar-refractivity contribution in [2.45, 2.75) is 4.21 Å². The number of hydrogen-bond acceptors (Lipinski definition) is 8. The highest BCUT2D eigenvalue weighted by Crippen LogP contribution is 2.37. The normalized spacial score (nSPS) is 11.1. The first-order valence-electron chi connectivity index (χ1n) is 9.41. The van der Waals surface area contributed by atoms with Gasteiger partial charge in [-0.2, -0.15) is 0 Å². The molecule has 10 heteroatoms. The molecule has 0 spiro atoms. The first-order valence-corrected chi connectivity index (χ1v) is 12.7. The van der Waals surface area contributed by atoms with E-state index < -0.39 is 0 Å². The molecule has 0 bridgehead atoms. The molecule has 2 aromatic carbocycles. The number of hydrogen-bond donors (Lipinski definition) is 2. The third-order valence-corrected chi connectivity index (χ3v) is 8.33. The van der Waals surface area contributed by atoms with Gasteiger partial charge in [-0.3, -0.25) is 9.78 Å². The maximum Gasteiger partial charge on any atom is 0.255 e. The van der Waals surface area contributed by atoms with Gasteiger partial charge >= 0.3 is 0 Å². The molecule has 5 rings (SSSR count). The van der Waals surface area contributed by atoms with Crippen molar-refractivity contribution < 1.29 is 9.53 Å². The van der Waals surface area contributed by atoms with Gasteiger partial charge in [0.2, 0.25) is 0 Å². The second-order valence-corrected chi connectivity index (χ2v) is 10.8. The van der Waals surface area contributed by atoms with E-state index in [9.17, 15) is 4.79 Å². The highest BCUT2D eigenvalue weighted by Gasteiger charge is 2.13. The van der Waals surface area contributed by atoms with Crippen molar-refractivity contribution in [3.05, 3.63) is 71.0 Å². The van der Waals surface area contributed by atoms with Gasteiger partial charge in [0.05, 0.1) is 27.2 Å². The lowest BCUT2D eigenvalue weighted by Gasteiger charge is -2.08. The largest absolute Gasteiger partial charge is 0.497 e. The van der Waals surface area contributed by atoms with Gasteiger partial charge in [0.15, 0.2) is 5.13 Å². The second kappa shape index (κ2) is 9.07. The summed E-state index contributed by atoms with van der Waals surface area (Å²) in [7, 11) is 1.58. The van der Waals surface area contributed by atoms with Crippen molar-refractivity contribution in [1.29, 1.82) is 0 Å². The van der Waals surface area contributed by atoms with Gasteiger partial charge in [0, 0.05) is 32.5 Å². The number of benzene rings is 2. The standard InChI is InChI=1S/C22H15BrN4O2S3/c1-29-14-4-2-3-12(7-14)21(28)25-16-10-17-19(9-15(16)23)31-22(26-17)27-32-20-8-13-11-24-6-5-18(13)30-20/h2-11H,1H3,(H,25,28)(H,26,27). The van der Waals surface area contributed by atoms with Crippen molar-refractivity contribution in [3.63, 3.8) is 0 Å². The van der Waals surface area contributed by atoms with E-state index in [4.69, 9.17) is 4.74 Å². The number of methoxy groups -OCH3 is 1. The smallest absolute Gasteiger partial charge is 0.255 e. The van der Waals surface area contributed by atoms with Crippen molar-refractivity contribution in [2.24, 2.45) is 0 Å². The van der Waals surface area contributed by atoms with Gasteiger partial charge in [0.25, 0.3) is 5.91 Å². The first-order chi connectivity index (χ1) is 15.6. The molecule has 0 aliphatic carbocycles. The molecule has 0 unspecified atom stereocenters. The Kier molecular flexibility index (Phi) is 6.01. The highest BCUT2D eigenvalue weighted by molar-refractivity contribution is 9.10. The summed E-state index contributed by atoms with van der Waals surface area (Å²) in [5, 5.41) is 4.87. The Bertz CT molecular complexity index is 1420. The summed E-state index contributed by atoms with van der Waals surface area (Å²) in [5.74, 6) is 0.419. The Balaban J connectivity index is 1.33. The van der Waals surface area contributed by atoms with Crippen LogP contribution in [0, 0.1) is 0 Å². The van der Waals surface area contributed by atoms with Crippen LogP contribution in [-0.2, 0) is 0 Å². The Morgan fingerprint density at radius 1 is 1.12 bits per heavy atom. The van der Waals surface area contributed by atoms with E-state index in [0.717, 1.165) is 29.4 Å². The van der Waals surface area contributed by atoms with E-state index >= 15 is 0 Å². The molecular formula is C22H15BrN4O2S3. The number of fused-ring (bicyclic) bond motifs is 2. The summed E-state index contributed by atoms with van der Waals surface area (Å²) in [6.45, 7) is 0. The molecule has 0 radical (unpaired) electrons. The van der Waals surface area contributed by atoms with Crippen molar-refractivity contribution in [1.82, 2.24) is 9.97 Å². The van der Waals surface area contributed by atoms with Gasteiger partial charge in [-0.1, -0.05) is 17.4 Å². The summed E-state index contributed by atoms with van der Waals surface area (Å²) < 4.78 is 12.7. The minimum atomic E-state index is -0.215. The molecule has 1 amide bonds. The predicted molar refractivity (Wildman–Crippen MR) is 137 cm³/mol. The third kappa shape index (κ3) is 4.44. The fourth-order valence-corrected chi connectivity index (χ4v) is 6.42. The van der Waals surface area contributed by atoms with Crippen LogP contribution in [0.3, 0.4) is 0 Å². The van der Waals surface area contributed by atoms with Crippen molar-refractivity contribution in [3.8, 4) is 5.75 Å². The Hall–Kier alpha value is -2.66. The molecule has 32 heavy (non-hydrogen) atoms. The average Bonchev–Trinajstić information content (AvgIpc) is 3.40. The van der Waals surface area contributed by atoms with Crippen LogP contribution in [0.25, 0.3) is 20.3 Å². The molecule has 160 valence electrons. The molecule has 3 heterocycles.